The van der Waals surface area contributed by atoms with Crippen LogP contribution in [0, 0.1) is 0 Å². The summed E-state index contributed by atoms with van der Waals surface area (Å²) in [5.74, 6) is -1.39. The molecule has 0 aliphatic carbocycles. The zero-order valence-corrected chi connectivity index (χ0v) is 6.67. The Balaban J connectivity index is 2.67. The van der Waals surface area contributed by atoms with Gasteiger partial charge in [-0.15, -0.1) is 4.52 Å². The van der Waals surface area contributed by atoms with Gasteiger partial charge in [0.15, 0.2) is 0 Å². The third-order valence-corrected chi connectivity index (χ3v) is 2.54. The molecule has 1 aliphatic heterocycles. The van der Waals surface area contributed by atoms with E-state index in [2.05, 4.69) is 9.26 Å². The SMILES string of the molecule is CO[P+](=O)C1CC(=O)OC1=O. The number of esters is 2. The highest BCUT2D eigenvalue weighted by atomic mass is 31.1. The summed E-state index contributed by atoms with van der Waals surface area (Å²) in [5, 5.41) is 0. The molecule has 0 aromatic heterocycles. The molecule has 6 heteroatoms. The van der Waals surface area contributed by atoms with Crippen molar-refractivity contribution in [3.63, 3.8) is 0 Å². The molecule has 1 heterocycles. The van der Waals surface area contributed by atoms with E-state index < -0.39 is 25.6 Å². The van der Waals surface area contributed by atoms with Crippen LogP contribution in [-0.2, 0) is 23.4 Å². The topological polar surface area (TPSA) is 69.7 Å². The van der Waals surface area contributed by atoms with Crippen LogP contribution in [0.5, 0.6) is 0 Å². The van der Waals surface area contributed by atoms with Crippen molar-refractivity contribution in [2.75, 3.05) is 7.11 Å². The lowest BCUT2D eigenvalue weighted by molar-refractivity contribution is -0.151. The molecular formula is C5H6O5P+. The summed E-state index contributed by atoms with van der Waals surface area (Å²) in [4.78, 5) is 21.1. The van der Waals surface area contributed by atoms with Crippen LogP contribution < -0.4 is 0 Å². The maximum atomic E-state index is 10.8. The Labute approximate surface area is 63.5 Å². The minimum atomic E-state index is -2.09. The van der Waals surface area contributed by atoms with Gasteiger partial charge in [-0.3, -0.25) is 4.79 Å². The van der Waals surface area contributed by atoms with Crippen molar-refractivity contribution in [1.29, 1.82) is 0 Å². The van der Waals surface area contributed by atoms with E-state index in [1.807, 2.05) is 0 Å². The molecule has 2 unspecified atom stereocenters. The van der Waals surface area contributed by atoms with Crippen LogP contribution in [0.25, 0.3) is 0 Å². The highest BCUT2D eigenvalue weighted by Crippen LogP contribution is 2.34. The van der Waals surface area contributed by atoms with Crippen molar-refractivity contribution < 1.29 is 23.4 Å². The van der Waals surface area contributed by atoms with Gasteiger partial charge in [0.2, 0.25) is 0 Å². The molecule has 5 nitrogen and oxygen atoms in total. The fraction of sp³-hybridized carbons (Fsp3) is 0.600. The van der Waals surface area contributed by atoms with E-state index in [1.54, 1.807) is 0 Å². The summed E-state index contributed by atoms with van der Waals surface area (Å²) >= 11 is 0. The van der Waals surface area contributed by atoms with Gasteiger partial charge in [0.1, 0.15) is 6.42 Å². The number of carbonyl (C=O) groups excluding carboxylic acids is 2. The first-order valence-corrected chi connectivity index (χ1v) is 4.15. The molecule has 60 valence electrons. The van der Waals surface area contributed by atoms with Crippen LogP contribution in [0.1, 0.15) is 6.42 Å². The van der Waals surface area contributed by atoms with E-state index in [-0.39, 0.29) is 6.42 Å². The van der Waals surface area contributed by atoms with Crippen LogP contribution in [0.2, 0.25) is 0 Å². The zero-order chi connectivity index (χ0) is 8.43. The number of ether oxygens (including phenoxy) is 1. The van der Waals surface area contributed by atoms with Gasteiger partial charge in [0.05, 0.1) is 7.11 Å². The van der Waals surface area contributed by atoms with Crippen molar-refractivity contribution in [2.24, 2.45) is 0 Å². The van der Waals surface area contributed by atoms with E-state index in [0.29, 0.717) is 0 Å². The van der Waals surface area contributed by atoms with E-state index >= 15 is 0 Å². The van der Waals surface area contributed by atoms with E-state index in [0.717, 1.165) is 0 Å². The molecule has 0 bridgehead atoms. The van der Waals surface area contributed by atoms with Crippen molar-refractivity contribution in [3.8, 4) is 0 Å². The highest BCUT2D eigenvalue weighted by Gasteiger charge is 2.48. The Bertz CT molecular complexity index is 223. The lowest BCUT2D eigenvalue weighted by Crippen LogP contribution is -2.09. The molecule has 0 amide bonds. The predicted molar refractivity (Wildman–Crippen MR) is 34.1 cm³/mol. The molecule has 0 aromatic rings. The molecule has 0 aromatic carbocycles. The van der Waals surface area contributed by atoms with Gasteiger partial charge in [-0.1, -0.05) is 0 Å². The van der Waals surface area contributed by atoms with E-state index in [1.165, 1.54) is 7.11 Å². The third kappa shape index (κ3) is 1.61. The van der Waals surface area contributed by atoms with E-state index in [9.17, 15) is 14.2 Å². The number of carbonyl (C=O) groups is 2. The maximum Gasteiger partial charge on any atom is 0.523 e. The van der Waals surface area contributed by atoms with Crippen LogP contribution in [0.3, 0.4) is 0 Å². The number of hydrogen-bond acceptors (Lipinski definition) is 5. The van der Waals surface area contributed by atoms with Crippen molar-refractivity contribution in [2.45, 2.75) is 12.1 Å². The van der Waals surface area contributed by atoms with Crippen molar-refractivity contribution in [3.05, 3.63) is 0 Å². The molecule has 1 aliphatic rings. The van der Waals surface area contributed by atoms with Crippen LogP contribution in [-0.4, -0.2) is 24.7 Å². The van der Waals surface area contributed by atoms with Crippen molar-refractivity contribution in [1.82, 2.24) is 0 Å². The summed E-state index contributed by atoms with van der Waals surface area (Å²) < 4.78 is 19.4. The molecule has 1 fully saturated rings. The largest absolute Gasteiger partial charge is 0.523 e. The van der Waals surface area contributed by atoms with Gasteiger partial charge in [0, 0.05) is 0 Å². The fourth-order valence-corrected chi connectivity index (χ4v) is 1.53. The second-order valence-electron chi connectivity index (χ2n) is 1.98. The van der Waals surface area contributed by atoms with Crippen molar-refractivity contribution >= 4 is 20.0 Å². The Morgan fingerprint density at radius 2 is 2.27 bits per heavy atom. The molecular weight excluding hydrogens is 171 g/mol. The van der Waals surface area contributed by atoms with Gasteiger partial charge in [0.25, 0.3) is 5.66 Å². The molecule has 0 saturated carbocycles. The van der Waals surface area contributed by atoms with Gasteiger partial charge in [-0.05, 0) is 4.57 Å². The molecule has 1 saturated heterocycles. The first kappa shape index (κ1) is 8.30. The average molecular weight is 177 g/mol. The average Bonchev–Trinajstić information content (AvgIpc) is 2.28. The lowest BCUT2D eigenvalue weighted by atomic mass is 10.4. The van der Waals surface area contributed by atoms with Crippen LogP contribution in [0.4, 0.5) is 0 Å². The highest BCUT2D eigenvalue weighted by molar-refractivity contribution is 7.41. The van der Waals surface area contributed by atoms with Crippen LogP contribution >= 0.6 is 8.03 Å². The quantitative estimate of drug-likeness (QED) is 0.342. The molecule has 0 spiro atoms. The Morgan fingerprint density at radius 1 is 1.64 bits per heavy atom. The van der Waals surface area contributed by atoms with Crippen LogP contribution in [0.15, 0.2) is 0 Å². The maximum absolute atomic E-state index is 10.8. The summed E-state index contributed by atoms with van der Waals surface area (Å²) in [5.41, 5.74) is -0.900. The Hall–Kier alpha value is -0.800. The summed E-state index contributed by atoms with van der Waals surface area (Å²) in [6, 6.07) is 0. The molecule has 0 N–H and O–H groups in total. The molecule has 1 rings (SSSR count). The summed E-state index contributed by atoms with van der Waals surface area (Å²) in [6.07, 6.45) is -0.137. The Morgan fingerprint density at radius 3 is 2.64 bits per heavy atom. The Kier molecular flexibility index (Phi) is 2.31. The summed E-state index contributed by atoms with van der Waals surface area (Å²) in [6.45, 7) is 0. The smallest absolute Gasteiger partial charge is 0.390 e. The summed E-state index contributed by atoms with van der Waals surface area (Å²) in [7, 11) is -0.874. The van der Waals surface area contributed by atoms with E-state index in [4.69, 9.17) is 0 Å². The fourth-order valence-electron chi connectivity index (χ4n) is 0.751. The zero-order valence-electron chi connectivity index (χ0n) is 5.77. The standard InChI is InChI=1S/C5H6O5P/c1-9-11(8)3-2-4(6)10-5(3)7/h3H,2H2,1H3/q+1. The van der Waals surface area contributed by atoms with Gasteiger partial charge in [-0.25, -0.2) is 4.79 Å². The lowest BCUT2D eigenvalue weighted by Gasteiger charge is -1.85. The third-order valence-electron chi connectivity index (χ3n) is 1.28. The second kappa shape index (κ2) is 3.07. The minimum Gasteiger partial charge on any atom is -0.390 e. The first-order chi connectivity index (χ1) is 5.15. The number of hydrogen-bond donors (Lipinski definition) is 0. The molecule has 2 atom stereocenters. The molecule has 0 radical (unpaired) electrons. The number of cyclic esters (lactones) is 2. The predicted octanol–water partition coefficient (Wildman–Crippen LogP) is 0.217. The molecule has 11 heavy (non-hydrogen) atoms. The first-order valence-electron chi connectivity index (χ1n) is 2.90. The second-order valence-corrected chi connectivity index (χ2v) is 3.54. The number of rotatable bonds is 2. The normalized spacial score (nSPS) is 25.2. The monoisotopic (exact) mass is 177 g/mol. The van der Waals surface area contributed by atoms with Gasteiger partial charge in [-0.2, -0.15) is 0 Å². The minimum absolute atomic E-state index is 0.137. The van der Waals surface area contributed by atoms with Gasteiger partial charge < -0.3 is 4.74 Å². The van der Waals surface area contributed by atoms with Gasteiger partial charge >= 0.3 is 20.0 Å².